The predicted octanol–water partition coefficient (Wildman–Crippen LogP) is 0.303. The van der Waals surface area contributed by atoms with Crippen molar-refractivity contribution in [2.45, 2.75) is 13.0 Å². The number of rotatable bonds is 2. The third-order valence-electron chi connectivity index (χ3n) is 3.17. The molecule has 0 aromatic carbocycles. The van der Waals surface area contributed by atoms with Gasteiger partial charge >= 0.3 is 0 Å². The van der Waals surface area contributed by atoms with Gasteiger partial charge in [-0.2, -0.15) is 0 Å². The maximum Gasteiger partial charge on any atom is 0.289 e. The molecular weight excluding hydrogens is 218 g/mol. The number of likely N-dealkylation sites (N-methyl/N-ethyl adjacent to an activating group) is 1. The van der Waals surface area contributed by atoms with Gasteiger partial charge in [0.25, 0.3) is 5.91 Å². The number of carbonyl (C=O) groups excluding carboxylic acids is 1. The number of hydrogen-bond donors (Lipinski definition) is 1. The minimum absolute atomic E-state index is 0.0540. The van der Waals surface area contributed by atoms with Gasteiger partial charge in [-0.25, -0.2) is 0 Å². The van der Waals surface area contributed by atoms with Crippen molar-refractivity contribution in [3.8, 4) is 0 Å². The topological polar surface area (TPSA) is 62.7 Å². The molecule has 2 heterocycles. The molecule has 1 unspecified atom stereocenters. The zero-order valence-corrected chi connectivity index (χ0v) is 10.3. The lowest BCUT2D eigenvalue weighted by atomic mass is 10.1. The number of piperazine rings is 1. The van der Waals surface area contributed by atoms with Crippen LogP contribution in [-0.4, -0.2) is 55.0 Å². The Morgan fingerprint density at radius 2 is 2.29 bits per heavy atom. The Morgan fingerprint density at radius 1 is 1.53 bits per heavy atom. The van der Waals surface area contributed by atoms with Crippen LogP contribution in [0, 0.1) is 6.92 Å². The molecule has 5 heteroatoms. The summed E-state index contributed by atoms with van der Waals surface area (Å²) in [6, 6.07) is 3.61. The van der Waals surface area contributed by atoms with Crippen LogP contribution >= 0.6 is 0 Å². The monoisotopic (exact) mass is 237 g/mol. The van der Waals surface area contributed by atoms with E-state index in [2.05, 4.69) is 4.90 Å². The van der Waals surface area contributed by atoms with Crippen LogP contribution in [0.4, 0.5) is 0 Å². The fraction of sp³-hybridized carbons (Fsp3) is 0.583. The van der Waals surface area contributed by atoms with Crippen LogP contribution in [0.2, 0.25) is 0 Å². The first-order valence-corrected chi connectivity index (χ1v) is 5.88. The summed E-state index contributed by atoms with van der Waals surface area (Å²) in [5.74, 6) is 1.11. The molecule has 5 nitrogen and oxygen atoms in total. The van der Waals surface area contributed by atoms with Crippen molar-refractivity contribution >= 4 is 5.91 Å². The van der Waals surface area contributed by atoms with Gasteiger partial charge < -0.3 is 20.0 Å². The van der Waals surface area contributed by atoms with Gasteiger partial charge in [0, 0.05) is 26.2 Å². The Labute approximate surface area is 101 Å². The molecule has 0 spiro atoms. The summed E-state index contributed by atoms with van der Waals surface area (Å²) in [6.07, 6.45) is 0. The highest BCUT2D eigenvalue weighted by Gasteiger charge is 2.29. The summed E-state index contributed by atoms with van der Waals surface area (Å²) in [5, 5.41) is 0. The van der Waals surface area contributed by atoms with E-state index in [1.165, 1.54) is 0 Å². The van der Waals surface area contributed by atoms with Crippen molar-refractivity contribution in [2.75, 3.05) is 33.2 Å². The molecule has 2 rings (SSSR count). The van der Waals surface area contributed by atoms with E-state index in [0.717, 1.165) is 18.8 Å². The molecule has 2 N–H and O–H groups in total. The summed E-state index contributed by atoms with van der Waals surface area (Å²) in [6.45, 7) is 4.72. The van der Waals surface area contributed by atoms with Crippen LogP contribution < -0.4 is 5.73 Å². The van der Waals surface area contributed by atoms with Gasteiger partial charge in [-0.15, -0.1) is 0 Å². The van der Waals surface area contributed by atoms with E-state index in [1.807, 2.05) is 18.9 Å². The number of carbonyl (C=O) groups is 1. The number of amides is 1. The minimum atomic E-state index is -0.0540. The number of furan rings is 1. The van der Waals surface area contributed by atoms with Gasteiger partial charge in [0.2, 0.25) is 0 Å². The fourth-order valence-corrected chi connectivity index (χ4v) is 2.17. The standard InChI is InChI=1S/C12H19N3O2/c1-9-3-4-11(17-9)12(16)15-6-5-14(2)8-10(15)7-13/h3-4,10H,5-8,13H2,1-2H3. The Balaban J connectivity index is 2.13. The summed E-state index contributed by atoms with van der Waals surface area (Å²) in [7, 11) is 2.04. The first-order valence-electron chi connectivity index (χ1n) is 5.88. The molecule has 1 aromatic rings. The van der Waals surface area contributed by atoms with Crippen LogP contribution in [0.5, 0.6) is 0 Å². The molecule has 1 aromatic heterocycles. The van der Waals surface area contributed by atoms with Crippen molar-refractivity contribution in [2.24, 2.45) is 5.73 Å². The molecule has 0 aliphatic carbocycles. The predicted molar refractivity (Wildman–Crippen MR) is 64.8 cm³/mol. The van der Waals surface area contributed by atoms with Crippen molar-refractivity contribution in [3.63, 3.8) is 0 Å². The molecule has 1 aliphatic rings. The van der Waals surface area contributed by atoms with Gasteiger partial charge in [-0.3, -0.25) is 4.79 Å². The maximum absolute atomic E-state index is 12.2. The molecule has 1 saturated heterocycles. The summed E-state index contributed by atoms with van der Waals surface area (Å²) >= 11 is 0. The average molecular weight is 237 g/mol. The molecule has 0 bridgehead atoms. The third kappa shape index (κ3) is 2.50. The normalized spacial score (nSPS) is 21.8. The highest BCUT2D eigenvalue weighted by Crippen LogP contribution is 2.14. The maximum atomic E-state index is 12.2. The van der Waals surface area contributed by atoms with Gasteiger partial charge in [-0.05, 0) is 26.1 Å². The molecule has 0 radical (unpaired) electrons. The zero-order valence-electron chi connectivity index (χ0n) is 10.3. The lowest BCUT2D eigenvalue weighted by Crippen LogP contribution is -2.56. The first kappa shape index (κ1) is 12.1. The van der Waals surface area contributed by atoms with Crippen LogP contribution in [-0.2, 0) is 0 Å². The molecular formula is C12H19N3O2. The number of nitrogens with two attached hydrogens (primary N) is 1. The number of nitrogens with zero attached hydrogens (tertiary/aromatic N) is 2. The highest BCUT2D eigenvalue weighted by atomic mass is 16.3. The van der Waals surface area contributed by atoms with Crippen molar-refractivity contribution in [1.82, 2.24) is 9.80 Å². The molecule has 1 aliphatic heterocycles. The lowest BCUT2D eigenvalue weighted by Gasteiger charge is -2.39. The van der Waals surface area contributed by atoms with E-state index in [-0.39, 0.29) is 11.9 Å². The van der Waals surface area contributed by atoms with Gasteiger partial charge in [-0.1, -0.05) is 0 Å². The van der Waals surface area contributed by atoms with Crippen LogP contribution in [0.25, 0.3) is 0 Å². The summed E-state index contributed by atoms with van der Waals surface area (Å²) < 4.78 is 5.37. The lowest BCUT2D eigenvalue weighted by molar-refractivity contribution is 0.0484. The van der Waals surface area contributed by atoms with E-state index < -0.39 is 0 Å². The van der Waals surface area contributed by atoms with Gasteiger partial charge in [0.1, 0.15) is 5.76 Å². The Kier molecular flexibility index (Phi) is 3.49. The SMILES string of the molecule is Cc1ccc(C(=O)N2CCN(C)CC2CN)o1. The van der Waals surface area contributed by atoms with E-state index in [0.29, 0.717) is 18.8 Å². The van der Waals surface area contributed by atoms with Gasteiger partial charge in [0.05, 0.1) is 6.04 Å². The average Bonchev–Trinajstić information content (AvgIpc) is 2.75. The molecule has 0 saturated carbocycles. The second-order valence-corrected chi connectivity index (χ2v) is 4.56. The van der Waals surface area contributed by atoms with Crippen molar-refractivity contribution in [3.05, 3.63) is 23.7 Å². The molecule has 1 atom stereocenters. The van der Waals surface area contributed by atoms with E-state index >= 15 is 0 Å². The second kappa shape index (κ2) is 4.89. The van der Waals surface area contributed by atoms with E-state index in [1.54, 1.807) is 12.1 Å². The minimum Gasteiger partial charge on any atom is -0.456 e. The molecule has 17 heavy (non-hydrogen) atoms. The highest BCUT2D eigenvalue weighted by molar-refractivity contribution is 5.91. The number of hydrogen-bond acceptors (Lipinski definition) is 4. The van der Waals surface area contributed by atoms with Crippen molar-refractivity contribution < 1.29 is 9.21 Å². The van der Waals surface area contributed by atoms with Crippen LogP contribution in [0.15, 0.2) is 16.5 Å². The fourth-order valence-electron chi connectivity index (χ4n) is 2.17. The molecule has 1 amide bonds. The molecule has 1 fully saturated rings. The smallest absolute Gasteiger partial charge is 0.289 e. The van der Waals surface area contributed by atoms with Crippen LogP contribution in [0.3, 0.4) is 0 Å². The summed E-state index contributed by atoms with van der Waals surface area (Å²) in [5.41, 5.74) is 5.73. The third-order valence-corrected chi connectivity index (χ3v) is 3.17. The molecule has 94 valence electrons. The Bertz CT molecular complexity index is 402. The number of aryl methyl sites for hydroxylation is 1. The van der Waals surface area contributed by atoms with Gasteiger partial charge in [0.15, 0.2) is 5.76 Å². The summed E-state index contributed by atoms with van der Waals surface area (Å²) in [4.78, 5) is 16.3. The first-order chi connectivity index (χ1) is 8.11. The Hall–Kier alpha value is -1.33. The quantitative estimate of drug-likeness (QED) is 0.803. The Morgan fingerprint density at radius 3 is 2.88 bits per heavy atom. The second-order valence-electron chi connectivity index (χ2n) is 4.56. The van der Waals surface area contributed by atoms with E-state index in [9.17, 15) is 4.79 Å². The van der Waals surface area contributed by atoms with Crippen molar-refractivity contribution in [1.29, 1.82) is 0 Å². The van der Waals surface area contributed by atoms with Crippen LogP contribution in [0.1, 0.15) is 16.3 Å². The largest absolute Gasteiger partial charge is 0.456 e. The van der Waals surface area contributed by atoms with E-state index in [4.69, 9.17) is 10.2 Å². The zero-order chi connectivity index (χ0) is 12.4.